The number of carbonyl (C=O) groups excluding carboxylic acids is 3. The molecule has 0 atom stereocenters. The molecule has 198 valence electrons. The fraction of sp³-hybridized carbons (Fsp3) is 0.379. The van der Waals surface area contributed by atoms with Gasteiger partial charge in [-0.25, -0.2) is 0 Å². The van der Waals surface area contributed by atoms with Crippen molar-refractivity contribution in [1.29, 1.82) is 0 Å². The van der Waals surface area contributed by atoms with Gasteiger partial charge in [0.25, 0.3) is 5.91 Å². The Morgan fingerprint density at radius 3 is 2.42 bits per heavy atom. The molecule has 9 heteroatoms. The van der Waals surface area contributed by atoms with Gasteiger partial charge in [0.1, 0.15) is 5.58 Å². The van der Waals surface area contributed by atoms with E-state index in [1.807, 2.05) is 30.9 Å². The van der Waals surface area contributed by atoms with Gasteiger partial charge >= 0.3 is 0 Å². The Kier molecular flexibility index (Phi) is 7.18. The zero-order chi connectivity index (χ0) is 26.8. The van der Waals surface area contributed by atoms with Gasteiger partial charge in [0.15, 0.2) is 11.2 Å². The van der Waals surface area contributed by atoms with E-state index in [4.69, 9.17) is 4.42 Å². The van der Waals surface area contributed by atoms with Gasteiger partial charge in [-0.1, -0.05) is 18.2 Å². The number of hydrogen-bond acceptors (Lipinski definition) is 6. The van der Waals surface area contributed by atoms with Crippen molar-refractivity contribution in [1.82, 2.24) is 15.1 Å². The van der Waals surface area contributed by atoms with Crippen LogP contribution in [0.3, 0.4) is 0 Å². The van der Waals surface area contributed by atoms with Crippen LogP contribution in [0.4, 0.5) is 5.69 Å². The Bertz CT molecular complexity index is 1460. The van der Waals surface area contributed by atoms with Crippen LogP contribution < -0.4 is 15.6 Å². The van der Waals surface area contributed by atoms with E-state index in [1.54, 1.807) is 17.0 Å². The maximum Gasteiger partial charge on any atom is 0.287 e. The Morgan fingerprint density at radius 1 is 0.947 bits per heavy atom. The number of nitrogens with one attached hydrogen (secondary N) is 1. The summed E-state index contributed by atoms with van der Waals surface area (Å²) in [6, 6.07) is 12.8. The smallest absolute Gasteiger partial charge is 0.287 e. The lowest BCUT2D eigenvalue weighted by Gasteiger charge is -2.37. The molecule has 0 bridgehead atoms. The van der Waals surface area contributed by atoms with E-state index < -0.39 is 5.91 Å². The fourth-order valence-electron chi connectivity index (χ4n) is 5.10. The number of carbonyl (C=O) groups is 3. The Labute approximate surface area is 221 Å². The monoisotopic (exact) mass is 516 g/mol. The van der Waals surface area contributed by atoms with Gasteiger partial charge in [0.05, 0.1) is 11.9 Å². The molecule has 2 fully saturated rings. The summed E-state index contributed by atoms with van der Waals surface area (Å²) in [7, 11) is 0. The summed E-state index contributed by atoms with van der Waals surface area (Å²) < 4.78 is 5.68. The normalized spacial score (nSPS) is 15.8. The van der Waals surface area contributed by atoms with E-state index in [2.05, 4.69) is 22.3 Å². The molecule has 3 heterocycles. The molecule has 3 aromatic rings. The number of nitrogens with zero attached hydrogens (tertiary/aromatic N) is 3. The highest BCUT2D eigenvalue weighted by molar-refractivity contribution is 5.95. The first-order valence-electron chi connectivity index (χ1n) is 13.0. The quantitative estimate of drug-likeness (QED) is 0.540. The molecule has 0 spiro atoms. The summed E-state index contributed by atoms with van der Waals surface area (Å²) in [6.07, 6.45) is 1.52. The zero-order valence-electron chi connectivity index (χ0n) is 21.8. The van der Waals surface area contributed by atoms with Crippen LogP contribution in [-0.4, -0.2) is 66.8 Å². The van der Waals surface area contributed by atoms with Crippen molar-refractivity contribution in [3.8, 4) is 0 Å². The highest BCUT2D eigenvalue weighted by Gasteiger charge is 2.25. The minimum absolute atomic E-state index is 0.114. The number of rotatable bonds is 6. The Balaban J connectivity index is 1.17. The van der Waals surface area contributed by atoms with Crippen LogP contribution in [0.1, 0.15) is 40.1 Å². The molecule has 3 amide bonds. The van der Waals surface area contributed by atoms with Gasteiger partial charge in [-0.05, 0) is 55.2 Å². The SMILES string of the molecule is Cc1cc2oc(C(=O)NCC(=O)N3CCN(c4ccccc4CN4CCCC4=O)CC3)cc(=O)c2cc1C. The maximum atomic E-state index is 12.8. The summed E-state index contributed by atoms with van der Waals surface area (Å²) in [5.41, 5.74) is 4.18. The molecule has 2 aliphatic rings. The second-order valence-electron chi connectivity index (χ2n) is 10.0. The lowest BCUT2D eigenvalue weighted by Crippen LogP contribution is -2.51. The maximum absolute atomic E-state index is 12.8. The molecule has 0 saturated carbocycles. The van der Waals surface area contributed by atoms with Gasteiger partial charge in [-0.15, -0.1) is 0 Å². The average molecular weight is 517 g/mol. The zero-order valence-corrected chi connectivity index (χ0v) is 21.8. The molecule has 1 N–H and O–H groups in total. The molecule has 38 heavy (non-hydrogen) atoms. The highest BCUT2D eigenvalue weighted by Crippen LogP contribution is 2.25. The van der Waals surface area contributed by atoms with Crippen LogP contribution in [0.15, 0.2) is 51.7 Å². The molecular formula is C29H32N4O5. The van der Waals surface area contributed by atoms with Gasteiger partial charge < -0.3 is 24.4 Å². The van der Waals surface area contributed by atoms with Crippen LogP contribution in [0, 0.1) is 13.8 Å². The number of hydrogen-bond donors (Lipinski definition) is 1. The van der Waals surface area contributed by atoms with Crippen LogP contribution in [0.2, 0.25) is 0 Å². The number of piperazine rings is 1. The van der Waals surface area contributed by atoms with Crippen molar-refractivity contribution in [2.45, 2.75) is 33.2 Å². The summed E-state index contributed by atoms with van der Waals surface area (Å²) in [5.74, 6) is -0.704. The standard InChI is InChI=1S/C29H32N4O5/c1-19-14-22-24(34)16-26(38-25(22)15-20(19)2)29(37)30-17-28(36)32-12-10-31(11-13-32)23-7-4-3-6-21(23)18-33-9-5-8-27(33)35/h3-4,6-7,14-16H,5,8-13,17-18H2,1-2H3,(H,30,37). The Hall–Kier alpha value is -4.14. The summed E-state index contributed by atoms with van der Waals surface area (Å²) >= 11 is 0. The van der Waals surface area contributed by atoms with Crippen molar-refractivity contribution in [2.24, 2.45) is 0 Å². The predicted molar refractivity (Wildman–Crippen MR) is 144 cm³/mol. The first kappa shape index (κ1) is 25.5. The lowest BCUT2D eigenvalue weighted by atomic mass is 10.1. The second kappa shape index (κ2) is 10.7. The third-order valence-corrected chi connectivity index (χ3v) is 7.46. The summed E-state index contributed by atoms with van der Waals surface area (Å²) in [6.45, 7) is 7.40. The number of amides is 3. The number of para-hydroxylation sites is 1. The molecule has 2 aromatic carbocycles. The van der Waals surface area contributed by atoms with Gasteiger partial charge in [-0.2, -0.15) is 0 Å². The molecule has 0 radical (unpaired) electrons. The number of anilines is 1. The molecular weight excluding hydrogens is 484 g/mol. The molecule has 0 aliphatic carbocycles. The number of likely N-dealkylation sites (tertiary alicyclic amines) is 1. The topological polar surface area (TPSA) is 103 Å². The van der Waals surface area contributed by atoms with E-state index in [0.29, 0.717) is 50.1 Å². The second-order valence-corrected chi connectivity index (χ2v) is 10.0. The van der Waals surface area contributed by atoms with E-state index in [9.17, 15) is 19.2 Å². The molecule has 9 nitrogen and oxygen atoms in total. The van der Waals surface area contributed by atoms with Crippen molar-refractivity contribution in [2.75, 3.05) is 44.2 Å². The minimum Gasteiger partial charge on any atom is -0.451 e. The van der Waals surface area contributed by atoms with Crippen LogP contribution in [0.5, 0.6) is 0 Å². The van der Waals surface area contributed by atoms with Crippen LogP contribution >= 0.6 is 0 Å². The van der Waals surface area contributed by atoms with Crippen molar-refractivity contribution >= 4 is 34.4 Å². The van der Waals surface area contributed by atoms with Crippen LogP contribution in [0.25, 0.3) is 11.0 Å². The third-order valence-electron chi connectivity index (χ3n) is 7.46. The number of benzene rings is 2. The molecule has 0 unspecified atom stereocenters. The van der Waals surface area contributed by atoms with Gasteiger partial charge in [-0.3, -0.25) is 19.2 Å². The molecule has 2 aliphatic heterocycles. The van der Waals surface area contributed by atoms with Crippen molar-refractivity contribution in [3.05, 3.63) is 75.1 Å². The van der Waals surface area contributed by atoms with E-state index >= 15 is 0 Å². The first-order valence-corrected chi connectivity index (χ1v) is 13.0. The average Bonchev–Trinajstić information content (AvgIpc) is 3.32. The van der Waals surface area contributed by atoms with E-state index in [1.165, 1.54) is 6.07 Å². The van der Waals surface area contributed by atoms with E-state index in [0.717, 1.165) is 35.3 Å². The predicted octanol–water partition coefficient (Wildman–Crippen LogP) is 2.61. The fourth-order valence-corrected chi connectivity index (χ4v) is 5.10. The Morgan fingerprint density at radius 2 is 1.68 bits per heavy atom. The van der Waals surface area contributed by atoms with Gasteiger partial charge in [0.2, 0.25) is 11.8 Å². The molecule has 1 aromatic heterocycles. The minimum atomic E-state index is -0.598. The van der Waals surface area contributed by atoms with Crippen LogP contribution in [-0.2, 0) is 16.1 Å². The molecule has 2 saturated heterocycles. The molecule has 5 rings (SSSR count). The first-order chi connectivity index (χ1) is 18.3. The third kappa shape index (κ3) is 5.27. The summed E-state index contributed by atoms with van der Waals surface area (Å²) in [5, 5.41) is 3.02. The lowest BCUT2D eigenvalue weighted by molar-refractivity contribution is -0.130. The number of aryl methyl sites for hydroxylation is 2. The van der Waals surface area contributed by atoms with Crippen molar-refractivity contribution in [3.63, 3.8) is 0 Å². The highest BCUT2D eigenvalue weighted by atomic mass is 16.3. The van der Waals surface area contributed by atoms with E-state index in [-0.39, 0.29) is 29.5 Å². The largest absolute Gasteiger partial charge is 0.451 e. The summed E-state index contributed by atoms with van der Waals surface area (Å²) in [4.78, 5) is 56.0. The van der Waals surface area contributed by atoms with Crippen molar-refractivity contribution < 1.29 is 18.8 Å². The number of fused-ring (bicyclic) bond motifs is 1. The van der Waals surface area contributed by atoms with Gasteiger partial charge in [0, 0.05) is 57.4 Å².